The van der Waals surface area contributed by atoms with Gasteiger partial charge in [-0.05, 0) is 43.7 Å². The number of carboxylic acid groups (broad SMARTS) is 1. The molecule has 18 heavy (non-hydrogen) atoms. The number of carbonyl (C=O) groups is 1. The first-order valence-corrected chi connectivity index (χ1v) is 6.54. The summed E-state index contributed by atoms with van der Waals surface area (Å²) < 4.78 is 0. The van der Waals surface area contributed by atoms with Crippen molar-refractivity contribution >= 4 is 11.8 Å². The minimum absolute atomic E-state index is 0.299. The highest BCUT2D eigenvalue weighted by molar-refractivity contribution is 5.66. The predicted molar refractivity (Wildman–Crippen MR) is 70.8 cm³/mol. The zero-order chi connectivity index (χ0) is 13.0. The van der Waals surface area contributed by atoms with Crippen molar-refractivity contribution in [2.45, 2.75) is 32.6 Å². The van der Waals surface area contributed by atoms with Gasteiger partial charge < -0.3 is 10.0 Å². The molecule has 0 amide bonds. The molecule has 0 atom stereocenters. The second-order valence-corrected chi connectivity index (χ2v) is 5.06. The topological polar surface area (TPSA) is 53.4 Å². The summed E-state index contributed by atoms with van der Waals surface area (Å²) in [4.78, 5) is 17.3. The Labute approximate surface area is 108 Å². The molecule has 2 heterocycles. The fourth-order valence-electron chi connectivity index (χ4n) is 2.43. The van der Waals surface area contributed by atoms with Crippen LogP contribution in [0.25, 0.3) is 0 Å². The summed E-state index contributed by atoms with van der Waals surface area (Å²) >= 11 is 0. The zero-order valence-corrected chi connectivity index (χ0v) is 10.8. The summed E-state index contributed by atoms with van der Waals surface area (Å²) in [6.45, 7) is 4.01. The van der Waals surface area contributed by atoms with Crippen LogP contribution in [0, 0.1) is 12.8 Å². The number of nitrogens with zero attached hydrogens (tertiary/aromatic N) is 2. The van der Waals surface area contributed by atoms with Crippen molar-refractivity contribution in [3.63, 3.8) is 0 Å². The van der Waals surface area contributed by atoms with E-state index in [1.54, 1.807) is 0 Å². The molecule has 2 rings (SSSR count). The van der Waals surface area contributed by atoms with Crippen LogP contribution >= 0.6 is 0 Å². The Morgan fingerprint density at radius 3 is 2.72 bits per heavy atom. The normalized spacial score (nSPS) is 16.8. The number of aryl methyl sites for hydroxylation is 1. The highest BCUT2D eigenvalue weighted by Crippen LogP contribution is 2.24. The molecule has 1 N–H and O–H groups in total. The molecule has 0 saturated carbocycles. The van der Waals surface area contributed by atoms with E-state index >= 15 is 0 Å². The molecule has 1 aromatic rings. The number of anilines is 1. The molecule has 1 fully saturated rings. The standard InChI is InChI=1S/C14H20N2O2/c1-11-2-4-13(15-10-11)16-8-6-12(7-9-16)3-5-14(17)18/h2,4,10,12H,3,5-9H2,1H3,(H,17,18). The van der Waals surface area contributed by atoms with Gasteiger partial charge in [0.05, 0.1) is 0 Å². The minimum atomic E-state index is -0.683. The van der Waals surface area contributed by atoms with Crippen LogP contribution in [0.5, 0.6) is 0 Å². The molecule has 4 heteroatoms. The first-order valence-electron chi connectivity index (χ1n) is 6.54. The Bertz CT molecular complexity index is 395. The number of rotatable bonds is 4. The Morgan fingerprint density at radius 1 is 1.44 bits per heavy atom. The highest BCUT2D eigenvalue weighted by Gasteiger charge is 2.20. The lowest BCUT2D eigenvalue weighted by Crippen LogP contribution is -2.34. The van der Waals surface area contributed by atoms with Gasteiger partial charge in [-0.3, -0.25) is 4.79 Å². The monoisotopic (exact) mass is 248 g/mol. The van der Waals surface area contributed by atoms with Gasteiger partial charge in [0.25, 0.3) is 0 Å². The summed E-state index contributed by atoms with van der Waals surface area (Å²) in [5.74, 6) is 0.915. The van der Waals surface area contributed by atoms with Crippen LogP contribution in [-0.4, -0.2) is 29.1 Å². The fourth-order valence-corrected chi connectivity index (χ4v) is 2.43. The van der Waals surface area contributed by atoms with E-state index < -0.39 is 5.97 Å². The molecule has 0 unspecified atom stereocenters. The van der Waals surface area contributed by atoms with E-state index in [0.29, 0.717) is 12.3 Å². The Balaban J connectivity index is 1.83. The number of hydrogen-bond acceptors (Lipinski definition) is 3. The number of carboxylic acids is 1. The number of aliphatic carboxylic acids is 1. The van der Waals surface area contributed by atoms with Gasteiger partial charge in [0.15, 0.2) is 0 Å². The van der Waals surface area contributed by atoms with Crippen molar-refractivity contribution in [1.29, 1.82) is 0 Å². The average molecular weight is 248 g/mol. The molecule has 0 radical (unpaired) electrons. The van der Waals surface area contributed by atoms with Crippen molar-refractivity contribution in [1.82, 2.24) is 4.98 Å². The van der Waals surface area contributed by atoms with Crippen molar-refractivity contribution in [3.8, 4) is 0 Å². The molecule has 0 spiro atoms. The first kappa shape index (κ1) is 12.9. The third-order valence-corrected chi connectivity index (χ3v) is 3.60. The fraction of sp³-hybridized carbons (Fsp3) is 0.571. The van der Waals surface area contributed by atoms with Crippen LogP contribution < -0.4 is 4.90 Å². The van der Waals surface area contributed by atoms with Crippen LogP contribution in [0.4, 0.5) is 5.82 Å². The summed E-state index contributed by atoms with van der Waals surface area (Å²) in [5.41, 5.74) is 1.18. The van der Waals surface area contributed by atoms with Crippen molar-refractivity contribution in [2.75, 3.05) is 18.0 Å². The number of piperidine rings is 1. The summed E-state index contributed by atoms with van der Waals surface area (Å²) in [6.07, 6.45) is 5.15. The molecule has 1 aliphatic heterocycles. The molecule has 1 saturated heterocycles. The summed E-state index contributed by atoms with van der Waals surface area (Å²) in [6, 6.07) is 4.14. The molecule has 1 aliphatic rings. The third kappa shape index (κ3) is 3.45. The molecule has 1 aromatic heterocycles. The number of aromatic nitrogens is 1. The molecular weight excluding hydrogens is 228 g/mol. The minimum Gasteiger partial charge on any atom is -0.481 e. The maximum absolute atomic E-state index is 10.5. The maximum Gasteiger partial charge on any atom is 0.303 e. The lowest BCUT2D eigenvalue weighted by Gasteiger charge is -2.32. The Kier molecular flexibility index (Phi) is 4.18. The average Bonchev–Trinajstić information content (AvgIpc) is 2.38. The van der Waals surface area contributed by atoms with Gasteiger partial charge in [0.2, 0.25) is 0 Å². The van der Waals surface area contributed by atoms with E-state index in [1.807, 2.05) is 13.1 Å². The largest absolute Gasteiger partial charge is 0.481 e. The van der Waals surface area contributed by atoms with Gasteiger partial charge >= 0.3 is 5.97 Å². The Hall–Kier alpha value is -1.58. The van der Waals surface area contributed by atoms with Crippen molar-refractivity contribution in [3.05, 3.63) is 23.9 Å². The quantitative estimate of drug-likeness (QED) is 0.889. The third-order valence-electron chi connectivity index (χ3n) is 3.60. The Morgan fingerprint density at radius 2 is 2.17 bits per heavy atom. The van der Waals surface area contributed by atoms with E-state index in [1.165, 1.54) is 5.56 Å². The molecule has 0 bridgehead atoms. The predicted octanol–water partition coefficient (Wildman–Crippen LogP) is 2.47. The van der Waals surface area contributed by atoms with Crippen LogP contribution in [-0.2, 0) is 4.79 Å². The second kappa shape index (κ2) is 5.85. The van der Waals surface area contributed by atoms with Crippen LogP contribution in [0.1, 0.15) is 31.2 Å². The summed E-state index contributed by atoms with van der Waals surface area (Å²) in [5, 5.41) is 8.68. The molecule has 0 aromatic carbocycles. The lowest BCUT2D eigenvalue weighted by atomic mass is 9.92. The van der Waals surface area contributed by atoms with Gasteiger partial charge in [-0.15, -0.1) is 0 Å². The van der Waals surface area contributed by atoms with E-state index in [-0.39, 0.29) is 0 Å². The zero-order valence-electron chi connectivity index (χ0n) is 10.8. The summed E-state index contributed by atoms with van der Waals surface area (Å²) in [7, 11) is 0. The van der Waals surface area contributed by atoms with E-state index in [9.17, 15) is 4.79 Å². The SMILES string of the molecule is Cc1ccc(N2CCC(CCC(=O)O)CC2)nc1. The smallest absolute Gasteiger partial charge is 0.303 e. The number of pyridine rings is 1. The highest BCUT2D eigenvalue weighted by atomic mass is 16.4. The van der Waals surface area contributed by atoms with Crippen molar-refractivity contribution < 1.29 is 9.90 Å². The lowest BCUT2D eigenvalue weighted by molar-refractivity contribution is -0.137. The van der Waals surface area contributed by atoms with Crippen LogP contribution in [0.15, 0.2) is 18.3 Å². The van der Waals surface area contributed by atoms with E-state index in [0.717, 1.165) is 38.2 Å². The maximum atomic E-state index is 10.5. The van der Waals surface area contributed by atoms with Gasteiger partial charge in [-0.2, -0.15) is 0 Å². The molecule has 4 nitrogen and oxygen atoms in total. The van der Waals surface area contributed by atoms with Crippen LogP contribution in [0.3, 0.4) is 0 Å². The molecule has 98 valence electrons. The molecule has 0 aliphatic carbocycles. The molecular formula is C14H20N2O2. The van der Waals surface area contributed by atoms with Gasteiger partial charge in [-0.1, -0.05) is 6.07 Å². The number of hydrogen-bond donors (Lipinski definition) is 1. The first-order chi connectivity index (χ1) is 8.65. The van der Waals surface area contributed by atoms with Crippen LogP contribution in [0.2, 0.25) is 0 Å². The second-order valence-electron chi connectivity index (χ2n) is 5.06. The van der Waals surface area contributed by atoms with E-state index in [2.05, 4.69) is 22.0 Å². The van der Waals surface area contributed by atoms with Gasteiger partial charge in [-0.25, -0.2) is 4.98 Å². The van der Waals surface area contributed by atoms with Crippen molar-refractivity contribution in [2.24, 2.45) is 5.92 Å². The van der Waals surface area contributed by atoms with E-state index in [4.69, 9.17) is 5.11 Å². The van der Waals surface area contributed by atoms with Gasteiger partial charge in [0, 0.05) is 25.7 Å². The van der Waals surface area contributed by atoms with Gasteiger partial charge in [0.1, 0.15) is 5.82 Å².